The zero-order valence-electron chi connectivity index (χ0n) is 17.1. The lowest BCUT2D eigenvalue weighted by molar-refractivity contribution is -0.126. The third kappa shape index (κ3) is 3.95. The number of aromatic carboxylic acids is 1. The smallest absolute Gasteiger partial charge is 0.341 e. The number of nitrogens with zero attached hydrogens (tertiary/aromatic N) is 4. The summed E-state index contributed by atoms with van der Waals surface area (Å²) in [5.41, 5.74) is -0.109. The van der Waals surface area contributed by atoms with Gasteiger partial charge in [-0.15, -0.1) is 11.3 Å². The second-order valence-electron chi connectivity index (χ2n) is 7.54. The molecule has 1 fully saturated rings. The second-order valence-corrected chi connectivity index (χ2v) is 8.41. The lowest BCUT2D eigenvalue weighted by atomic mass is 9.98. The molecule has 1 saturated heterocycles. The van der Waals surface area contributed by atoms with Gasteiger partial charge >= 0.3 is 5.97 Å². The van der Waals surface area contributed by atoms with E-state index in [0.717, 1.165) is 0 Å². The molecule has 1 atom stereocenters. The molecule has 3 aromatic rings. The molecule has 4 N–H and O–H groups in total. The maximum atomic E-state index is 12.8. The normalized spacial score (nSPS) is 14.9. The van der Waals surface area contributed by atoms with Crippen molar-refractivity contribution in [2.24, 2.45) is 5.92 Å². The minimum Gasteiger partial charge on any atom is -0.477 e. The summed E-state index contributed by atoms with van der Waals surface area (Å²) in [4.78, 5) is 47.3. The third-order valence-corrected chi connectivity index (χ3v) is 6.07. The molecular weight excluding hydrogens is 438 g/mol. The summed E-state index contributed by atoms with van der Waals surface area (Å²) < 4.78 is 1.50. The summed E-state index contributed by atoms with van der Waals surface area (Å²) in [6, 6.07) is 1.70. The summed E-state index contributed by atoms with van der Waals surface area (Å²) >= 11 is 1.28. The SMILES string of the molecule is Cc1cc(N2CC(C(=O)NCC(O)CO)C2)nc2c1c(=O)c(C(=O)O)cn2-c1nccs1. The van der Waals surface area contributed by atoms with Gasteiger partial charge in [0.1, 0.15) is 11.4 Å². The number of anilines is 1. The number of pyridine rings is 2. The van der Waals surface area contributed by atoms with Gasteiger partial charge in [-0.1, -0.05) is 0 Å². The van der Waals surface area contributed by atoms with Crippen LogP contribution in [0.15, 0.2) is 28.6 Å². The molecular formula is C20H21N5O6S. The van der Waals surface area contributed by atoms with Gasteiger partial charge in [-0.2, -0.15) is 0 Å². The number of rotatable bonds is 7. The number of carbonyl (C=O) groups excluding carboxylic acids is 1. The molecule has 32 heavy (non-hydrogen) atoms. The Balaban J connectivity index is 1.67. The van der Waals surface area contributed by atoms with E-state index in [1.165, 1.54) is 22.1 Å². The molecule has 12 heteroatoms. The van der Waals surface area contributed by atoms with Gasteiger partial charge in [0.15, 0.2) is 10.8 Å². The van der Waals surface area contributed by atoms with Crippen molar-refractivity contribution in [3.63, 3.8) is 0 Å². The van der Waals surface area contributed by atoms with E-state index in [2.05, 4.69) is 15.3 Å². The number of carboxylic acids is 1. The van der Waals surface area contributed by atoms with Gasteiger partial charge in [0, 0.05) is 37.4 Å². The number of amides is 1. The van der Waals surface area contributed by atoms with E-state index in [-0.39, 0.29) is 29.3 Å². The minimum atomic E-state index is -1.33. The molecule has 0 aliphatic carbocycles. The highest BCUT2D eigenvalue weighted by molar-refractivity contribution is 7.12. The molecule has 4 rings (SSSR count). The number of fused-ring (bicyclic) bond motifs is 1. The number of hydrogen-bond donors (Lipinski definition) is 4. The molecule has 1 amide bonds. The van der Waals surface area contributed by atoms with E-state index in [4.69, 9.17) is 5.11 Å². The Labute approximate surface area is 185 Å². The number of carbonyl (C=O) groups is 2. The van der Waals surface area contributed by atoms with Crippen LogP contribution in [0.25, 0.3) is 16.2 Å². The Morgan fingerprint density at radius 2 is 2.12 bits per heavy atom. The summed E-state index contributed by atoms with van der Waals surface area (Å²) in [5.74, 6) is -1.29. The van der Waals surface area contributed by atoms with E-state index in [1.54, 1.807) is 24.6 Å². The first kappa shape index (κ1) is 21.9. The Bertz CT molecular complexity index is 1240. The highest BCUT2D eigenvalue weighted by Crippen LogP contribution is 2.28. The van der Waals surface area contributed by atoms with Crippen LogP contribution in [0.5, 0.6) is 0 Å². The fourth-order valence-electron chi connectivity index (χ4n) is 3.53. The highest BCUT2D eigenvalue weighted by Gasteiger charge is 2.34. The summed E-state index contributed by atoms with van der Waals surface area (Å²) in [6.07, 6.45) is 1.81. The van der Waals surface area contributed by atoms with Crippen LogP contribution in [0.2, 0.25) is 0 Å². The molecule has 3 aromatic heterocycles. The van der Waals surface area contributed by atoms with E-state index < -0.39 is 24.1 Å². The van der Waals surface area contributed by atoms with E-state index in [9.17, 15) is 24.6 Å². The monoisotopic (exact) mass is 459 g/mol. The van der Waals surface area contributed by atoms with E-state index in [0.29, 0.717) is 35.2 Å². The summed E-state index contributed by atoms with van der Waals surface area (Å²) in [6.45, 7) is 2.06. The van der Waals surface area contributed by atoms with Crippen molar-refractivity contribution in [3.8, 4) is 5.13 Å². The third-order valence-electron chi connectivity index (χ3n) is 5.30. The molecule has 1 aliphatic rings. The Morgan fingerprint density at radius 3 is 2.75 bits per heavy atom. The van der Waals surface area contributed by atoms with Crippen molar-refractivity contribution in [1.29, 1.82) is 0 Å². The fourth-order valence-corrected chi connectivity index (χ4v) is 4.15. The topological polar surface area (TPSA) is 158 Å². The molecule has 11 nitrogen and oxygen atoms in total. The van der Waals surface area contributed by atoms with Gasteiger partial charge < -0.3 is 25.5 Å². The van der Waals surface area contributed by atoms with Crippen LogP contribution in [-0.2, 0) is 4.79 Å². The zero-order chi connectivity index (χ0) is 23.0. The van der Waals surface area contributed by atoms with Gasteiger partial charge in [-0.05, 0) is 18.6 Å². The quantitative estimate of drug-likeness (QED) is 0.374. The predicted octanol–water partition coefficient (Wildman–Crippen LogP) is -0.246. The Hall–Kier alpha value is -3.35. The van der Waals surface area contributed by atoms with Crippen LogP contribution in [0.4, 0.5) is 5.82 Å². The molecule has 0 spiro atoms. The number of carboxylic acid groups (broad SMARTS) is 1. The number of aliphatic hydroxyl groups excluding tert-OH is 2. The van der Waals surface area contributed by atoms with Crippen molar-refractivity contribution in [2.75, 3.05) is 31.1 Å². The van der Waals surface area contributed by atoms with E-state index >= 15 is 0 Å². The van der Waals surface area contributed by atoms with Crippen molar-refractivity contribution in [1.82, 2.24) is 19.9 Å². The minimum absolute atomic E-state index is 0.0227. The predicted molar refractivity (Wildman–Crippen MR) is 117 cm³/mol. The van der Waals surface area contributed by atoms with E-state index in [1.807, 2.05) is 4.90 Å². The first-order valence-corrected chi connectivity index (χ1v) is 10.7. The summed E-state index contributed by atoms with van der Waals surface area (Å²) in [5, 5.41) is 32.7. The van der Waals surface area contributed by atoms with Crippen molar-refractivity contribution < 1.29 is 24.9 Å². The highest BCUT2D eigenvalue weighted by atomic mass is 32.1. The first-order valence-electron chi connectivity index (χ1n) is 9.82. The van der Waals surface area contributed by atoms with Gasteiger partial charge in [0.05, 0.1) is 24.0 Å². The molecule has 0 radical (unpaired) electrons. The van der Waals surface area contributed by atoms with Crippen LogP contribution < -0.4 is 15.6 Å². The maximum absolute atomic E-state index is 12.8. The number of aliphatic hydroxyl groups is 2. The number of aryl methyl sites for hydroxylation is 1. The lowest BCUT2D eigenvalue weighted by Crippen LogP contribution is -2.55. The lowest BCUT2D eigenvalue weighted by Gasteiger charge is -2.39. The zero-order valence-corrected chi connectivity index (χ0v) is 17.9. The number of hydrogen-bond acceptors (Lipinski definition) is 9. The number of thiazole rings is 1. The maximum Gasteiger partial charge on any atom is 0.341 e. The molecule has 0 saturated carbocycles. The van der Waals surface area contributed by atoms with Crippen molar-refractivity contribution in [3.05, 3.63) is 45.2 Å². The standard InChI is InChI=1S/C20H21N5O6S/c1-10-4-14(24-6-11(7-24)18(29)22-5-12(27)9-26)23-17-15(10)16(28)13(19(30)31)8-25(17)20-21-2-3-32-20/h2-4,8,11-12,26-27H,5-7,9H2,1H3,(H,22,29)(H,30,31). The Morgan fingerprint density at radius 1 is 1.38 bits per heavy atom. The Kier molecular flexibility index (Phi) is 5.91. The van der Waals surface area contributed by atoms with Gasteiger partial charge in [0.2, 0.25) is 11.3 Å². The average Bonchev–Trinajstić information content (AvgIpc) is 3.25. The van der Waals surface area contributed by atoms with Crippen molar-refractivity contribution >= 4 is 40.1 Å². The van der Waals surface area contributed by atoms with Crippen molar-refractivity contribution in [2.45, 2.75) is 13.0 Å². The number of nitrogens with one attached hydrogen (secondary N) is 1. The molecule has 1 unspecified atom stereocenters. The molecule has 0 aromatic carbocycles. The van der Waals surface area contributed by atoms with Crippen LogP contribution in [-0.4, -0.2) is 74.1 Å². The molecule has 0 bridgehead atoms. The number of aromatic nitrogens is 3. The van der Waals surface area contributed by atoms with Crippen LogP contribution >= 0.6 is 11.3 Å². The van der Waals surface area contributed by atoms with Gasteiger partial charge in [-0.3, -0.25) is 14.2 Å². The second kappa shape index (κ2) is 8.65. The largest absolute Gasteiger partial charge is 0.477 e. The molecule has 1 aliphatic heterocycles. The van der Waals surface area contributed by atoms with Crippen LogP contribution in [0.3, 0.4) is 0 Å². The fraction of sp³-hybridized carbons (Fsp3) is 0.350. The first-order chi connectivity index (χ1) is 15.3. The van der Waals surface area contributed by atoms with Crippen LogP contribution in [0.1, 0.15) is 15.9 Å². The average molecular weight is 459 g/mol. The summed E-state index contributed by atoms with van der Waals surface area (Å²) in [7, 11) is 0. The molecule has 168 valence electrons. The van der Waals surface area contributed by atoms with Gasteiger partial charge in [0.25, 0.3) is 0 Å². The van der Waals surface area contributed by atoms with Gasteiger partial charge in [-0.25, -0.2) is 14.8 Å². The molecule has 4 heterocycles. The van der Waals surface area contributed by atoms with Crippen LogP contribution in [0, 0.1) is 12.8 Å².